The lowest BCUT2D eigenvalue weighted by atomic mass is 10.1. The molecule has 0 saturated carbocycles. The van der Waals surface area contributed by atoms with Crippen molar-refractivity contribution in [3.63, 3.8) is 0 Å². The molecule has 1 aromatic rings. The third-order valence-corrected chi connectivity index (χ3v) is 3.08. The van der Waals surface area contributed by atoms with E-state index in [0.717, 1.165) is 0 Å². The molecule has 0 aliphatic carbocycles. The zero-order chi connectivity index (χ0) is 11.8. The lowest BCUT2D eigenvalue weighted by molar-refractivity contribution is -0.676. The highest BCUT2D eigenvalue weighted by Crippen LogP contribution is 2.06. The average Bonchev–Trinajstić information content (AvgIpc) is 2.59. The summed E-state index contributed by atoms with van der Waals surface area (Å²) < 4.78 is 4.30. The molecule has 0 aliphatic heterocycles. The minimum atomic E-state index is 1.20. The predicted octanol–water partition coefficient (Wildman–Crippen LogP) is 3.45. The van der Waals surface area contributed by atoms with Crippen molar-refractivity contribution >= 4 is 6.20 Å². The lowest BCUT2D eigenvalue weighted by Crippen LogP contribution is -2.29. The molecule has 0 saturated heterocycles. The first kappa shape index (κ1) is 13.0. The zero-order valence-corrected chi connectivity index (χ0v) is 10.9. The Hall–Kier alpha value is -1.05. The number of aryl methyl sites for hydroxylation is 1. The number of rotatable bonds is 7. The van der Waals surface area contributed by atoms with Gasteiger partial charge in [-0.05, 0) is 18.9 Å². The summed E-state index contributed by atoms with van der Waals surface area (Å²) in [5.74, 6) is 1.27. The fraction of sp³-hybridized carbons (Fsp3) is 0.643. The minimum absolute atomic E-state index is 1.20. The van der Waals surface area contributed by atoms with Gasteiger partial charge in [-0.25, -0.2) is 9.13 Å². The Bertz CT molecular complexity index is 323. The molecular weight excluding hydrogens is 196 g/mol. The van der Waals surface area contributed by atoms with Gasteiger partial charge in [-0.15, -0.1) is 0 Å². The first-order valence-electron chi connectivity index (χ1n) is 6.45. The molecule has 0 amide bonds. The minimum Gasteiger partial charge on any atom is -0.237 e. The number of aromatic nitrogens is 2. The van der Waals surface area contributed by atoms with E-state index >= 15 is 0 Å². The van der Waals surface area contributed by atoms with Crippen LogP contribution in [0.1, 0.15) is 51.3 Å². The highest BCUT2D eigenvalue weighted by Gasteiger charge is 2.04. The number of allylic oxidation sites excluding steroid dienone is 1. The van der Waals surface area contributed by atoms with Gasteiger partial charge in [0.15, 0.2) is 0 Å². The number of imidazole rings is 1. The molecule has 0 atom stereocenters. The van der Waals surface area contributed by atoms with Crippen molar-refractivity contribution in [2.24, 2.45) is 7.05 Å². The zero-order valence-electron chi connectivity index (χ0n) is 10.9. The van der Waals surface area contributed by atoms with Gasteiger partial charge in [0.25, 0.3) is 5.82 Å². The van der Waals surface area contributed by atoms with Crippen LogP contribution in [0.25, 0.3) is 6.20 Å². The third kappa shape index (κ3) is 4.21. The Morgan fingerprint density at radius 1 is 1.25 bits per heavy atom. The SMILES string of the molecule is CCCCCCCC=Cn1cc[n+](C)c1C. The normalized spacial score (nSPS) is 11.4. The molecule has 1 aromatic heterocycles. The summed E-state index contributed by atoms with van der Waals surface area (Å²) in [4.78, 5) is 0. The number of hydrogen-bond acceptors (Lipinski definition) is 0. The molecule has 90 valence electrons. The van der Waals surface area contributed by atoms with Crippen molar-refractivity contribution in [3.8, 4) is 0 Å². The largest absolute Gasteiger partial charge is 0.257 e. The average molecular weight is 221 g/mol. The summed E-state index contributed by atoms with van der Waals surface area (Å²) >= 11 is 0. The molecule has 0 radical (unpaired) electrons. The summed E-state index contributed by atoms with van der Waals surface area (Å²) in [6.07, 6.45) is 16.6. The third-order valence-electron chi connectivity index (χ3n) is 3.08. The van der Waals surface area contributed by atoms with Crippen molar-refractivity contribution < 1.29 is 4.57 Å². The molecule has 0 spiro atoms. The molecule has 0 fully saturated rings. The Morgan fingerprint density at radius 3 is 2.62 bits per heavy atom. The van der Waals surface area contributed by atoms with Crippen LogP contribution in [0.5, 0.6) is 0 Å². The van der Waals surface area contributed by atoms with Gasteiger partial charge in [0.05, 0.1) is 13.2 Å². The molecule has 0 N–H and O–H groups in total. The Balaban J connectivity index is 2.20. The summed E-state index contributed by atoms with van der Waals surface area (Å²) in [6, 6.07) is 0. The van der Waals surface area contributed by atoms with Crippen molar-refractivity contribution in [1.29, 1.82) is 0 Å². The van der Waals surface area contributed by atoms with Gasteiger partial charge in [0.2, 0.25) is 0 Å². The molecule has 0 aromatic carbocycles. The molecule has 2 nitrogen and oxygen atoms in total. The molecule has 0 bridgehead atoms. The topological polar surface area (TPSA) is 8.81 Å². The summed E-state index contributed by atoms with van der Waals surface area (Å²) in [5.41, 5.74) is 0. The molecule has 1 rings (SSSR count). The van der Waals surface area contributed by atoms with Crippen molar-refractivity contribution in [3.05, 3.63) is 24.3 Å². The quantitative estimate of drug-likeness (QED) is 0.492. The fourth-order valence-corrected chi connectivity index (χ4v) is 1.78. The first-order valence-corrected chi connectivity index (χ1v) is 6.45. The van der Waals surface area contributed by atoms with Gasteiger partial charge >= 0.3 is 0 Å². The van der Waals surface area contributed by atoms with Crippen molar-refractivity contribution in [2.45, 2.75) is 52.4 Å². The monoisotopic (exact) mass is 221 g/mol. The van der Waals surface area contributed by atoms with E-state index < -0.39 is 0 Å². The lowest BCUT2D eigenvalue weighted by Gasteiger charge is -1.95. The highest BCUT2D eigenvalue weighted by atomic mass is 15.1. The summed E-state index contributed by atoms with van der Waals surface area (Å²) in [6.45, 7) is 4.39. The second-order valence-electron chi connectivity index (χ2n) is 4.45. The molecular formula is C14H25N2+. The molecule has 16 heavy (non-hydrogen) atoms. The van der Waals surface area contributed by atoms with E-state index in [4.69, 9.17) is 0 Å². The van der Waals surface area contributed by atoms with Crippen LogP contribution >= 0.6 is 0 Å². The second-order valence-corrected chi connectivity index (χ2v) is 4.45. The van der Waals surface area contributed by atoms with E-state index in [1.54, 1.807) is 0 Å². The van der Waals surface area contributed by atoms with Crippen LogP contribution < -0.4 is 4.57 Å². The molecule has 1 heterocycles. The summed E-state index contributed by atoms with van der Waals surface area (Å²) in [7, 11) is 2.07. The van der Waals surface area contributed by atoms with Crippen LogP contribution in [-0.4, -0.2) is 4.57 Å². The maximum absolute atomic E-state index is 2.28. The standard InChI is InChI=1S/C14H25N2/c1-4-5-6-7-8-9-10-11-16-13-12-15(3)14(16)2/h10-13H,4-9H2,1-3H3/q+1. The maximum atomic E-state index is 2.28. The molecule has 0 unspecified atom stereocenters. The van der Waals surface area contributed by atoms with Crippen LogP contribution in [0, 0.1) is 6.92 Å². The number of hydrogen-bond donors (Lipinski definition) is 0. The molecule has 2 heteroatoms. The van der Waals surface area contributed by atoms with Crippen LogP contribution in [0.15, 0.2) is 18.5 Å². The first-order chi connectivity index (χ1) is 7.75. The van der Waals surface area contributed by atoms with Crippen LogP contribution in [0.4, 0.5) is 0 Å². The van der Waals surface area contributed by atoms with Crippen LogP contribution in [-0.2, 0) is 7.05 Å². The van der Waals surface area contributed by atoms with E-state index in [1.807, 2.05) is 0 Å². The van der Waals surface area contributed by atoms with E-state index in [9.17, 15) is 0 Å². The van der Waals surface area contributed by atoms with E-state index in [-0.39, 0.29) is 0 Å². The van der Waals surface area contributed by atoms with Crippen LogP contribution in [0.3, 0.4) is 0 Å². The molecule has 0 aliphatic rings. The number of unbranched alkanes of at least 4 members (excludes halogenated alkanes) is 5. The Kier molecular flexibility index (Phi) is 5.91. The van der Waals surface area contributed by atoms with E-state index in [2.05, 4.69) is 54.7 Å². The fourth-order valence-electron chi connectivity index (χ4n) is 1.78. The Labute approximate surface area is 99.6 Å². The highest BCUT2D eigenvalue weighted by molar-refractivity contribution is 5.22. The van der Waals surface area contributed by atoms with Crippen LogP contribution in [0.2, 0.25) is 0 Å². The van der Waals surface area contributed by atoms with Gasteiger partial charge < -0.3 is 0 Å². The second kappa shape index (κ2) is 7.26. The van der Waals surface area contributed by atoms with Crippen molar-refractivity contribution in [1.82, 2.24) is 4.57 Å². The van der Waals surface area contributed by atoms with Gasteiger partial charge in [-0.1, -0.05) is 32.6 Å². The maximum Gasteiger partial charge on any atom is 0.257 e. The predicted molar refractivity (Wildman–Crippen MR) is 69.1 cm³/mol. The smallest absolute Gasteiger partial charge is 0.237 e. The summed E-state index contributed by atoms with van der Waals surface area (Å²) in [5, 5.41) is 0. The van der Waals surface area contributed by atoms with E-state index in [1.165, 1.54) is 44.3 Å². The van der Waals surface area contributed by atoms with Gasteiger partial charge in [0.1, 0.15) is 12.4 Å². The van der Waals surface area contributed by atoms with Gasteiger partial charge in [0, 0.05) is 6.92 Å². The van der Waals surface area contributed by atoms with E-state index in [0.29, 0.717) is 0 Å². The Morgan fingerprint density at radius 2 is 2.00 bits per heavy atom. The van der Waals surface area contributed by atoms with Crippen molar-refractivity contribution in [2.75, 3.05) is 0 Å². The number of nitrogens with zero attached hydrogens (tertiary/aromatic N) is 2. The van der Waals surface area contributed by atoms with Gasteiger partial charge in [-0.3, -0.25) is 0 Å². The van der Waals surface area contributed by atoms with Gasteiger partial charge in [-0.2, -0.15) is 0 Å².